The molecule has 3 heterocycles. The number of nitrogens with one attached hydrogen (secondary N) is 1. The third-order valence-electron chi connectivity index (χ3n) is 6.35. The van der Waals surface area contributed by atoms with Crippen LogP contribution in [0.5, 0.6) is 0 Å². The first-order valence-corrected chi connectivity index (χ1v) is 10.3. The van der Waals surface area contributed by atoms with Crippen LogP contribution in [0.15, 0.2) is 42.9 Å². The molecule has 3 aromatic heterocycles. The van der Waals surface area contributed by atoms with Crippen molar-refractivity contribution in [3.63, 3.8) is 0 Å². The average Bonchev–Trinajstić information content (AvgIpc) is 3.38. The van der Waals surface area contributed by atoms with Crippen molar-refractivity contribution in [2.75, 3.05) is 0 Å². The Balaban J connectivity index is 1.22. The molecule has 0 aliphatic heterocycles. The Morgan fingerprint density at radius 2 is 1.80 bits per heavy atom. The molecule has 4 aromatic rings. The molecule has 1 aromatic carbocycles. The summed E-state index contributed by atoms with van der Waals surface area (Å²) in [6, 6.07) is 7.58. The summed E-state index contributed by atoms with van der Waals surface area (Å²) < 4.78 is 39.8. The van der Waals surface area contributed by atoms with Gasteiger partial charge in [-0.05, 0) is 68.2 Å². The minimum absolute atomic E-state index is 0.380. The molecule has 156 valence electrons. The molecule has 1 saturated carbocycles. The minimum atomic E-state index is -4.27. The highest BCUT2D eigenvalue weighted by Crippen LogP contribution is 2.39. The van der Waals surface area contributed by atoms with Crippen molar-refractivity contribution in [3.8, 4) is 0 Å². The van der Waals surface area contributed by atoms with Gasteiger partial charge in [-0.1, -0.05) is 17.3 Å². The molecule has 0 unspecified atom stereocenters. The number of aromatic amines is 1. The molecule has 0 bridgehead atoms. The molecule has 1 aliphatic rings. The summed E-state index contributed by atoms with van der Waals surface area (Å²) in [5, 5.41) is 9.76. The summed E-state index contributed by atoms with van der Waals surface area (Å²) in [5.74, 6) is 0.977. The molecule has 8 heteroatoms. The van der Waals surface area contributed by atoms with Gasteiger partial charge in [-0.3, -0.25) is 0 Å². The van der Waals surface area contributed by atoms with Gasteiger partial charge in [-0.2, -0.15) is 13.2 Å². The Bertz CT molecular complexity index is 1150. The predicted octanol–water partition coefficient (Wildman–Crippen LogP) is 5.53. The second-order valence-electron chi connectivity index (χ2n) is 8.20. The molecular weight excluding hydrogens is 391 g/mol. The van der Waals surface area contributed by atoms with Gasteiger partial charge in [-0.15, -0.1) is 5.10 Å². The summed E-state index contributed by atoms with van der Waals surface area (Å²) >= 11 is 0. The molecule has 0 amide bonds. The maximum Gasteiger partial charge on any atom is 0.416 e. The Morgan fingerprint density at radius 1 is 1.03 bits per heavy atom. The molecule has 1 N–H and O–H groups in total. The number of nitrogens with zero attached hydrogens (tertiary/aromatic N) is 4. The lowest BCUT2D eigenvalue weighted by atomic mass is 9.78. The van der Waals surface area contributed by atoms with Crippen LogP contribution in [0.25, 0.3) is 16.6 Å². The van der Waals surface area contributed by atoms with E-state index in [0.29, 0.717) is 11.8 Å². The van der Waals surface area contributed by atoms with Crippen molar-refractivity contribution in [1.82, 2.24) is 24.8 Å². The van der Waals surface area contributed by atoms with Crippen LogP contribution in [0.1, 0.15) is 54.8 Å². The Kier molecular flexibility index (Phi) is 4.72. The normalized spacial score (nSPS) is 20.2. The van der Waals surface area contributed by atoms with E-state index in [0.717, 1.165) is 66.3 Å². The highest BCUT2D eigenvalue weighted by Gasteiger charge is 2.30. The summed E-state index contributed by atoms with van der Waals surface area (Å²) in [7, 11) is 0. The zero-order valence-electron chi connectivity index (χ0n) is 16.4. The topological polar surface area (TPSA) is 58.9 Å². The molecule has 1 fully saturated rings. The molecule has 5 nitrogen and oxygen atoms in total. The fourth-order valence-electron chi connectivity index (χ4n) is 4.65. The molecule has 5 rings (SSSR count). The summed E-state index contributed by atoms with van der Waals surface area (Å²) in [6.07, 6.45) is 5.44. The largest absolute Gasteiger partial charge is 0.416 e. The standard InChI is InChI=1S/C22H22F3N5/c23-22(24,25)17-9-5-15(6-10-17)2-1-14-3-7-16(8-4-14)19-20-18-11-12-26-21(18)27-13-30(20)29-28-19/h5-6,9-14,16,26H,1-4,7-8H2. The Hall–Kier alpha value is -2.90. The third-order valence-corrected chi connectivity index (χ3v) is 6.35. The lowest BCUT2D eigenvalue weighted by Crippen LogP contribution is -2.14. The number of halogens is 3. The number of hydrogen-bond donors (Lipinski definition) is 1. The number of H-pyrrole nitrogens is 1. The lowest BCUT2D eigenvalue weighted by molar-refractivity contribution is -0.137. The molecule has 0 atom stereocenters. The highest BCUT2D eigenvalue weighted by molar-refractivity contribution is 5.92. The smallest absolute Gasteiger partial charge is 0.346 e. The van der Waals surface area contributed by atoms with E-state index in [-0.39, 0.29) is 0 Å². The fourth-order valence-corrected chi connectivity index (χ4v) is 4.65. The van der Waals surface area contributed by atoms with E-state index in [9.17, 15) is 13.2 Å². The Labute approximate surface area is 171 Å². The maximum atomic E-state index is 12.7. The van der Waals surface area contributed by atoms with Crippen molar-refractivity contribution < 1.29 is 13.2 Å². The van der Waals surface area contributed by atoms with Crippen molar-refractivity contribution >= 4 is 16.6 Å². The SMILES string of the molecule is FC(F)(F)c1ccc(CCC2CCC(c3nnn4cnc5[nH]ccc5c34)CC2)cc1. The van der Waals surface area contributed by atoms with Gasteiger partial charge in [0, 0.05) is 17.5 Å². The molecule has 30 heavy (non-hydrogen) atoms. The van der Waals surface area contributed by atoms with E-state index in [1.807, 2.05) is 12.3 Å². The number of rotatable bonds is 4. The van der Waals surface area contributed by atoms with Crippen molar-refractivity contribution in [2.24, 2.45) is 5.92 Å². The monoisotopic (exact) mass is 413 g/mol. The zero-order valence-corrected chi connectivity index (χ0v) is 16.4. The average molecular weight is 413 g/mol. The maximum absolute atomic E-state index is 12.7. The quantitative estimate of drug-likeness (QED) is 0.478. The first-order valence-electron chi connectivity index (χ1n) is 10.3. The summed E-state index contributed by atoms with van der Waals surface area (Å²) in [5.41, 5.74) is 3.31. The van der Waals surface area contributed by atoms with Crippen LogP contribution in [0.3, 0.4) is 0 Å². The van der Waals surface area contributed by atoms with Gasteiger partial charge in [0.25, 0.3) is 0 Å². The van der Waals surface area contributed by atoms with E-state index in [4.69, 9.17) is 0 Å². The van der Waals surface area contributed by atoms with E-state index < -0.39 is 11.7 Å². The van der Waals surface area contributed by atoms with Crippen LogP contribution >= 0.6 is 0 Å². The van der Waals surface area contributed by atoms with Gasteiger partial charge in [0.05, 0.1) is 11.3 Å². The number of aromatic nitrogens is 5. The Morgan fingerprint density at radius 3 is 2.53 bits per heavy atom. The molecule has 0 spiro atoms. The van der Waals surface area contributed by atoms with Crippen LogP contribution in [-0.2, 0) is 12.6 Å². The zero-order chi connectivity index (χ0) is 20.7. The predicted molar refractivity (Wildman–Crippen MR) is 107 cm³/mol. The first kappa shape index (κ1) is 19.1. The molecular formula is C22H22F3N5. The molecule has 0 radical (unpaired) electrons. The van der Waals surface area contributed by atoms with E-state index >= 15 is 0 Å². The first-order chi connectivity index (χ1) is 14.5. The van der Waals surface area contributed by atoms with Gasteiger partial charge >= 0.3 is 6.18 Å². The van der Waals surface area contributed by atoms with Crippen LogP contribution in [-0.4, -0.2) is 24.8 Å². The van der Waals surface area contributed by atoms with E-state index in [1.54, 1.807) is 23.0 Å². The van der Waals surface area contributed by atoms with Crippen LogP contribution in [0, 0.1) is 5.92 Å². The van der Waals surface area contributed by atoms with Gasteiger partial charge in [-0.25, -0.2) is 9.50 Å². The third kappa shape index (κ3) is 3.55. The van der Waals surface area contributed by atoms with Crippen LogP contribution < -0.4 is 0 Å². The number of hydrogen-bond acceptors (Lipinski definition) is 3. The summed E-state index contributed by atoms with van der Waals surface area (Å²) in [4.78, 5) is 7.49. The van der Waals surface area contributed by atoms with Gasteiger partial charge in [0.2, 0.25) is 0 Å². The van der Waals surface area contributed by atoms with Crippen molar-refractivity contribution in [1.29, 1.82) is 0 Å². The van der Waals surface area contributed by atoms with Gasteiger partial charge < -0.3 is 4.98 Å². The second-order valence-corrected chi connectivity index (χ2v) is 8.20. The number of aryl methyl sites for hydroxylation is 1. The summed E-state index contributed by atoms with van der Waals surface area (Å²) in [6.45, 7) is 0. The fraction of sp³-hybridized carbons (Fsp3) is 0.409. The van der Waals surface area contributed by atoms with Gasteiger partial charge in [0.15, 0.2) is 0 Å². The van der Waals surface area contributed by atoms with Crippen LogP contribution in [0.2, 0.25) is 0 Å². The van der Waals surface area contributed by atoms with E-state index in [1.165, 1.54) is 12.1 Å². The molecule has 0 saturated heterocycles. The van der Waals surface area contributed by atoms with Gasteiger partial charge in [0.1, 0.15) is 17.5 Å². The van der Waals surface area contributed by atoms with E-state index in [2.05, 4.69) is 20.3 Å². The minimum Gasteiger partial charge on any atom is -0.346 e. The second kappa shape index (κ2) is 7.41. The number of benzene rings is 1. The number of fused-ring (bicyclic) bond motifs is 3. The van der Waals surface area contributed by atoms with Crippen molar-refractivity contribution in [3.05, 3.63) is 59.7 Å². The van der Waals surface area contributed by atoms with Crippen molar-refractivity contribution in [2.45, 2.75) is 50.6 Å². The molecule has 1 aliphatic carbocycles. The number of alkyl halides is 3. The lowest BCUT2D eigenvalue weighted by Gasteiger charge is -2.27. The van der Waals surface area contributed by atoms with Crippen LogP contribution in [0.4, 0.5) is 13.2 Å². The highest BCUT2D eigenvalue weighted by atomic mass is 19.4.